The van der Waals surface area contributed by atoms with Gasteiger partial charge in [-0.25, -0.2) is 0 Å². The van der Waals surface area contributed by atoms with Crippen molar-refractivity contribution >= 4 is 16.7 Å². The molecule has 2 heterocycles. The molecule has 3 aromatic rings. The van der Waals surface area contributed by atoms with Crippen LogP contribution in [0.4, 0.5) is 0 Å². The van der Waals surface area contributed by atoms with E-state index in [0.29, 0.717) is 32.1 Å². The zero-order valence-corrected chi connectivity index (χ0v) is 16.4. The summed E-state index contributed by atoms with van der Waals surface area (Å²) in [6.45, 7) is 2.17. The lowest BCUT2D eigenvalue weighted by Gasteiger charge is -2.22. The Morgan fingerprint density at radius 2 is 1.97 bits per heavy atom. The third-order valence-corrected chi connectivity index (χ3v) is 5.06. The Kier molecular flexibility index (Phi) is 6.54. The van der Waals surface area contributed by atoms with E-state index >= 15 is 0 Å². The summed E-state index contributed by atoms with van der Waals surface area (Å²) < 4.78 is 16.2. The molecular formula is C23H26N2O4. The fourth-order valence-corrected chi connectivity index (χ4v) is 3.53. The molecule has 0 radical (unpaired) electrons. The first-order valence-electron chi connectivity index (χ1n) is 10.1. The Morgan fingerprint density at radius 3 is 2.83 bits per heavy atom. The van der Waals surface area contributed by atoms with Crippen LogP contribution in [0.2, 0.25) is 0 Å². The molecule has 152 valence electrons. The van der Waals surface area contributed by atoms with Crippen molar-refractivity contribution < 1.29 is 18.8 Å². The Hall–Kier alpha value is -2.70. The topological polar surface area (TPSA) is 73.6 Å². The number of ether oxygens (including phenoxy) is 2. The normalized spacial score (nSPS) is 16.8. The molecule has 1 atom stereocenters. The molecule has 0 saturated carbocycles. The van der Waals surface area contributed by atoms with Gasteiger partial charge in [-0.2, -0.15) is 0 Å². The van der Waals surface area contributed by atoms with E-state index in [0.717, 1.165) is 25.0 Å². The van der Waals surface area contributed by atoms with Gasteiger partial charge in [0.25, 0.3) is 0 Å². The van der Waals surface area contributed by atoms with E-state index in [1.165, 1.54) is 16.3 Å². The third-order valence-electron chi connectivity index (χ3n) is 5.06. The summed E-state index contributed by atoms with van der Waals surface area (Å²) in [5.74, 6) is 0.729. The summed E-state index contributed by atoms with van der Waals surface area (Å²) in [6, 6.07) is 16.9. The van der Waals surface area contributed by atoms with E-state index in [4.69, 9.17) is 14.0 Å². The number of fused-ring (bicyclic) bond motifs is 1. The first-order valence-corrected chi connectivity index (χ1v) is 10.1. The average Bonchev–Trinajstić information content (AvgIpc) is 3.20. The summed E-state index contributed by atoms with van der Waals surface area (Å²) in [7, 11) is 0. The molecule has 29 heavy (non-hydrogen) atoms. The summed E-state index contributed by atoms with van der Waals surface area (Å²) in [5.41, 5.74) is 1.97. The van der Waals surface area contributed by atoms with Gasteiger partial charge in [-0.1, -0.05) is 47.6 Å². The van der Waals surface area contributed by atoms with Crippen LogP contribution in [-0.2, 0) is 33.5 Å². The van der Waals surface area contributed by atoms with Crippen LogP contribution in [0, 0.1) is 0 Å². The highest BCUT2D eigenvalue weighted by molar-refractivity contribution is 5.83. The maximum atomic E-state index is 12.1. The number of rotatable bonds is 8. The number of benzene rings is 2. The molecule has 0 spiro atoms. The fourth-order valence-electron chi connectivity index (χ4n) is 3.53. The Balaban J connectivity index is 1.20. The maximum absolute atomic E-state index is 12.1. The Morgan fingerprint density at radius 1 is 1.07 bits per heavy atom. The van der Waals surface area contributed by atoms with Gasteiger partial charge in [0.2, 0.25) is 5.91 Å². The molecule has 6 heteroatoms. The monoisotopic (exact) mass is 394 g/mol. The van der Waals surface area contributed by atoms with Crippen LogP contribution in [0.3, 0.4) is 0 Å². The Bertz CT molecular complexity index is 947. The van der Waals surface area contributed by atoms with Gasteiger partial charge in [0.15, 0.2) is 0 Å². The second-order valence-corrected chi connectivity index (χ2v) is 7.37. The van der Waals surface area contributed by atoms with Crippen LogP contribution < -0.4 is 5.32 Å². The fraction of sp³-hybridized carbons (Fsp3) is 0.391. The zero-order chi connectivity index (χ0) is 19.9. The van der Waals surface area contributed by atoms with Gasteiger partial charge in [0.1, 0.15) is 5.76 Å². The van der Waals surface area contributed by atoms with E-state index in [2.05, 4.69) is 52.9 Å². The van der Waals surface area contributed by atoms with Gasteiger partial charge in [-0.3, -0.25) is 4.79 Å². The quantitative estimate of drug-likeness (QED) is 0.636. The summed E-state index contributed by atoms with van der Waals surface area (Å²) in [5, 5.41) is 9.42. The van der Waals surface area contributed by atoms with Crippen LogP contribution in [-0.4, -0.2) is 43.5 Å². The second kappa shape index (κ2) is 9.67. The van der Waals surface area contributed by atoms with Gasteiger partial charge in [0.05, 0.1) is 38.0 Å². The van der Waals surface area contributed by atoms with E-state index in [1.807, 2.05) is 6.07 Å². The number of aryl methyl sites for hydroxylation is 2. The number of carbonyl (C=O) groups excluding carboxylic acids is 1. The minimum Gasteiger partial charge on any atom is -0.376 e. The van der Waals surface area contributed by atoms with Crippen molar-refractivity contribution in [3.8, 4) is 0 Å². The van der Waals surface area contributed by atoms with Crippen LogP contribution in [0.25, 0.3) is 10.8 Å². The van der Waals surface area contributed by atoms with Gasteiger partial charge < -0.3 is 19.3 Å². The van der Waals surface area contributed by atoms with Crippen molar-refractivity contribution in [1.29, 1.82) is 0 Å². The second-order valence-electron chi connectivity index (χ2n) is 7.37. The highest BCUT2D eigenvalue weighted by atomic mass is 16.6. The van der Waals surface area contributed by atoms with Gasteiger partial charge in [0, 0.05) is 19.0 Å². The highest BCUT2D eigenvalue weighted by Crippen LogP contribution is 2.17. The minimum atomic E-state index is -0.0878. The molecule has 0 aliphatic carbocycles. The molecule has 6 nitrogen and oxygen atoms in total. The summed E-state index contributed by atoms with van der Waals surface area (Å²) >= 11 is 0. The van der Waals surface area contributed by atoms with Gasteiger partial charge >= 0.3 is 0 Å². The number of nitrogens with zero attached hydrogens (tertiary/aromatic N) is 1. The van der Waals surface area contributed by atoms with Gasteiger partial charge in [-0.05, 0) is 29.2 Å². The third kappa shape index (κ3) is 5.65. The van der Waals surface area contributed by atoms with Crippen LogP contribution in [0.15, 0.2) is 53.1 Å². The zero-order valence-electron chi connectivity index (χ0n) is 16.4. The molecule has 4 rings (SSSR count). The van der Waals surface area contributed by atoms with E-state index in [1.54, 1.807) is 0 Å². The number of nitrogens with one attached hydrogen (secondary N) is 1. The number of hydrogen-bond donors (Lipinski definition) is 1. The lowest BCUT2D eigenvalue weighted by molar-refractivity contribution is -0.123. The van der Waals surface area contributed by atoms with E-state index in [9.17, 15) is 4.79 Å². The molecule has 1 aliphatic heterocycles. The van der Waals surface area contributed by atoms with Crippen LogP contribution in [0.1, 0.15) is 23.4 Å². The number of aromatic nitrogens is 1. The van der Waals surface area contributed by atoms with Crippen molar-refractivity contribution in [2.75, 3.05) is 26.4 Å². The largest absolute Gasteiger partial charge is 0.376 e. The van der Waals surface area contributed by atoms with Crippen molar-refractivity contribution in [2.45, 2.75) is 31.8 Å². The average molecular weight is 394 g/mol. The molecule has 1 fully saturated rings. The number of carbonyl (C=O) groups is 1. The van der Waals surface area contributed by atoms with Crippen LogP contribution in [0.5, 0.6) is 0 Å². The first-order chi connectivity index (χ1) is 14.3. The SMILES string of the molecule is O=C(Cc1cc(CCCc2ccc3ccccc3c2)on1)NCC1COCCO1. The lowest BCUT2D eigenvalue weighted by atomic mass is 10.0. The highest BCUT2D eigenvalue weighted by Gasteiger charge is 2.16. The van der Waals surface area contributed by atoms with Crippen molar-refractivity contribution in [3.63, 3.8) is 0 Å². The van der Waals surface area contributed by atoms with Crippen molar-refractivity contribution in [1.82, 2.24) is 10.5 Å². The molecule has 1 saturated heterocycles. The minimum absolute atomic E-state index is 0.0734. The number of amides is 1. The van der Waals surface area contributed by atoms with Crippen molar-refractivity contribution in [3.05, 3.63) is 65.5 Å². The van der Waals surface area contributed by atoms with Gasteiger partial charge in [-0.15, -0.1) is 0 Å². The molecule has 0 bridgehead atoms. The Labute approximate surface area is 170 Å². The molecule has 1 unspecified atom stereocenters. The van der Waals surface area contributed by atoms with E-state index < -0.39 is 0 Å². The molecule has 1 aromatic heterocycles. The summed E-state index contributed by atoms with van der Waals surface area (Å²) in [6.07, 6.45) is 2.88. The molecule has 1 aliphatic rings. The molecule has 2 aromatic carbocycles. The van der Waals surface area contributed by atoms with Crippen LogP contribution >= 0.6 is 0 Å². The predicted molar refractivity (Wildman–Crippen MR) is 110 cm³/mol. The van der Waals surface area contributed by atoms with Crippen molar-refractivity contribution in [2.24, 2.45) is 0 Å². The summed E-state index contributed by atoms with van der Waals surface area (Å²) in [4.78, 5) is 12.1. The molecule has 1 amide bonds. The first kappa shape index (κ1) is 19.6. The smallest absolute Gasteiger partial charge is 0.226 e. The van der Waals surface area contributed by atoms with E-state index in [-0.39, 0.29) is 18.4 Å². The molecule has 1 N–H and O–H groups in total. The lowest BCUT2D eigenvalue weighted by Crippen LogP contribution is -2.40. The maximum Gasteiger partial charge on any atom is 0.226 e. The predicted octanol–water partition coefficient (Wildman–Crippen LogP) is 3.08. The standard InChI is InChI=1S/C23H26N2O4/c26-23(24-15-22-16-27-10-11-28-22)14-20-13-21(29-25-20)7-3-4-17-8-9-18-5-1-2-6-19(18)12-17/h1-2,5-6,8-9,12-13,22H,3-4,7,10-11,14-16H2,(H,24,26). The molecular weight excluding hydrogens is 368 g/mol. The number of hydrogen-bond acceptors (Lipinski definition) is 5.